The van der Waals surface area contributed by atoms with E-state index in [0.29, 0.717) is 6.61 Å². The van der Waals surface area contributed by atoms with E-state index >= 15 is 0 Å². The van der Waals surface area contributed by atoms with Gasteiger partial charge in [0.15, 0.2) is 8.32 Å². The maximum atomic E-state index is 12.2. The quantitative estimate of drug-likeness (QED) is 0.375. The van der Waals surface area contributed by atoms with E-state index < -0.39 is 15.9 Å². The molecule has 0 radical (unpaired) electrons. The van der Waals surface area contributed by atoms with Crippen LogP contribution in [0.15, 0.2) is 30.3 Å². The summed E-state index contributed by atoms with van der Waals surface area (Å²) in [5, 5.41) is 0.159. The van der Waals surface area contributed by atoms with Crippen LogP contribution in [0.1, 0.15) is 26.3 Å². The largest absolute Gasteiger partial charge is 0.414 e. The van der Waals surface area contributed by atoms with Crippen LogP contribution in [-0.4, -0.2) is 28.2 Å². The first-order valence-electron chi connectivity index (χ1n) is 7.58. The van der Waals surface area contributed by atoms with E-state index in [4.69, 9.17) is 13.5 Å². The van der Waals surface area contributed by atoms with Crippen LogP contribution in [0, 0.1) is 0 Å². The van der Waals surface area contributed by atoms with E-state index in [9.17, 15) is 4.57 Å². The van der Waals surface area contributed by atoms with Crippen molar-refractivity contribution in [2.75, 3.05) is 19.9 Å². The Labute approximate surface area is 135 Å². The number of hydrogen-bond acceptors (Lipinski definition) is 4. The Balaban J connectivity index is 2.33. The van der Waals surface area contributed by atoms with Gasteiger partial charge in [-0.25, -0.2) is 0 Å². The predicted octanol–water partition coefficient (Wildman–Crippen LogP) is 5.06. The second-order valence-corrected chi connectivity index (χ2v) is 13.8. The lowest BCUT2D eigenvalue weighted by Crippen LogP contribution is -2.41. The Bertz CT molecular complexity index is 497. The number of benzene rings is 1. The van der Waals surface area contributed by atoms with Crippen LogP contribution < -0.4 is 0 Å². The fraction of sp³-hybridized carbons (Fsp3) is 0.625. The summed E-state index contributed by atoms with van der Waals surface area (Å²) in [4.78, 5) is 0. The van der Waals surface area contributed by atoms with Crippen LogP contribution in [0.3, 0.4) is 0 Å². The average molecular weight is 344 g/mol. The molecule has 22 heavy (non-hydrogen) atoms. The lowest BCUT2D eigenvalue weighted by molar-refractivity contribution is 0.163. The molecule has 0 spiro atoms. The Morgan fingerprint density at radius 2 is 1.64 bits per heavy atom. The Morgan fingerprint density at radius 3 is 2.18 bits per heavy atom. The molecule has 1 unspecified atom stereocenters. The molecular weight excluding hydrogens is 315 g/mol. The van der Waals surface area contributed by atoms with Crippen LogP contribution in [0.4, 0.5) is 0 Å². The minimum absolute atomic E-state index is 0.159. The molecule has 0 aromatic heterocycles. The molecule has 1 atom stereocenters. The van der Waals surface area contributed by atoms with E-state index in [1.165, 1.54) is 6.66 Å². The van der Waals surface area contributed by atoms with Crippen LogP contribution in [0.25, 0.3) is 0 Å². The van der Waals surface area contributed by atoms with Crippen molar-refractivity contribution in [3.8, 4) is 0 Å². The van der Waals surface area contributed by atoms with Crippen molar-refractivity contribution in [3.63, 3.8) is 0 Å². The summed E-state index contributed by atoms with van der Waals surface area (Å²) in [6, 6.07) is 9.64. The third-order valence-electron chi connectivity index (χ3n) is 3.99. The van der Waals surface area contributed by atoms with Crippen LogP contribution >= 0.6 is 7.60 Å². The summed E-state index contributed by atoms with van der Waals surface area (Å²) < 4.78 is 29.0. The second kappa shape index (κ2) is 7.89. The van der Waals surface area contributed by atoms with Gasteiger partial charge in [-0.1, -0.05) is 51.1 Å². The Morgan fingerprint density at radius 1 is 1.05 bits per heavy atom. The van der Waals surface area contributed by atoms with Crippen molar-refractivity contribution < 1.29 is 18.0 Å². The molecule has 0 amide bonds. The van der Waals surface area contributed by atoms with Crippen LogP contribution in [-0.2, 0) is 24.6 Å². The molecule has 1 rings (SSSR count). The Kier molecular flexibility index (Phi) is 7.03. The highest BCUT2D eigenvalue weighted by molar-refractivity contribution is 7.52. The standard InChI is InChI=1S/C16H29O4PSi/c1-16(2,3)22(5,6)20-13-12-18-21(4,17)19-14-15-10-8-7-9-11-15/h7-11H,12-14H2,1-6H3. The molecule has 0 saturated heterocycles. The molecule has 1 aromatic carbocycles. The first-order valence-corrected chi connectivity index (χ1v) is 12.5. The van der Waals surface area contributed by atoms with E-state index in [1.807, 2.05) is 30.3 Å². The van der Waals surface area contributed by atoms with Gasteiger partial charge in [0.25, 0.3) is 0 Å². The predicted molar refractivity (Wildman–Crippen MR) is 93.9 cm³/mol. The van der Waals surface area contributed by atoms with Gasteiger partial charge in [-0.3, -0.25) is 4.57 Å². The summed E-state index contributed by atoms with van der Waals surface area (Å²) in [7, 11) is -4.83. The smallest absolute Gasteiger partial charge is 0.328 e. The summed E-state index contributed by atoms with van der Waals surface area (Å²) in [5.74, 6) is 0. The van der Waals surface area contributed by atoms with Crippen molar-refractivity contribution in [2.24, 2.45) is 0 Å². The maximum Gasteiger partial charge on any atom is 0.328 e. The van der Waals surface area contributed by atoms with Crippen molar-refractivity contribution in [1.29, 1.82) is 0 Å². The fourth-order valence-electron chi connectivity index (χ4n) is 1.52. The molecule has 0 aliphatic carbocycles. The van der Waals surface area contributed by atoms with Crippen LogP contribution in [0.2, 0.25) is 18.1 Å². The topological polar surface area (TPSA) is 44.8 Å². The molecule has 6 heteroatoms. The summed E-state index contributed by atoms with van der Waals surface area (Å²) >= 11 is 0. The van der Waals surface area contributed by atoms with Gasteiger partial charge in [0, 0.05) is 6.66 Å². The molecule has 0 heterocycles. The third-order valence-corrected chi connectivity index (χ3v) is 9.77. The minimum Gasteiger partial charge on any atom is -0.414 e. The zero-order chi connectivity index (χ0) is 16.9. The molecule has 1 aromatic rings. The average Bonchev–Trinajstić information content (AvgIpc) is 2.42. The van der Waals surface area contributed by atoms with Gasteiger partial charge in [-0.2, -0.15) is 0 Å². The van der Waals surface area contributed by atoms with Crippen molar-refractivity contribution in [3.05, 3.63) is 35.9 Å². The van der Waals surface area contributed by atoms with Gasteiger partial charge in [-0.15, -0.1) is 0 Å². The highest BCUT2D eigenvalue weighted by Gasteiger charge is 2.37. The van der Waals surface area contributed by atoms with Crippen molar-refractivity contribution in [1.82, 2.24) is 0 Å². The molecule has 0 N–H and O–H groups in total. The lowest BCUT2D eigenvalue weighted by Gasteiger charge is -2.36. The van der Waals surface area contributed by atoms with Gasteiger partial charge < -0.3 is 13.5 Å². The molecule has 0 saturated carbocycles. The zero-order valence-electron chi connectivity index (χ0n) is 14.6. The van der Waals surface area contributed by atoms with Crippen LogP contribution in [0.5, 0.6) is 0 Å². The SMILES string of the molecule is CC(C)(C)[Si](C)(C)OCCOP(C)(=O)OCc1ccccc1. The molecule has 126 valence electrons. The van der Waals surface area contributed by atoms with Gasteiger partial charge in [0.2, 0.25) is 0 Å². The molecule has 4 nitrogen and oxygen atoms in total. The molecule has 0 aliphatic heterocycles. The summed E-state index contributed by atoms with van der Waals surface area (Å²) in [6.07, 6.45) is 0. The third kappa shape index (κ3) is 6.76. The first-order chi connectivity index (χ1) is 10.0. The van der Waals surface area contributed by atoms with E-state index in [0.717, 1.165) is 5.56 Å². The van der Waals surface area contributed by atoms with Crippen molar-refractivity contribution in [2.45, 2.75) is 45.5 Å². The monoisotopic (exact) mass is 344 g/mol. The van der Waals surface area contributed by atoms with E-state index in [2.05, 4.69) is 33.9 Å². The number of hydrogen-bond donors (Lipinski definition) is 0. The normalized spacial score (nSPS) is 15.5. The highest BCUT2D eigenvalue weighted by atomic mass is 31.2. The number of rotatable bonds is 8. The fourth-order valence-corrected chi connectivity index (χ4v) is 3.41. The molecule has 0 bridgehead atoms. The van der Waals surface area contributed by atoms with Gasteiger partial charge in [-0.05, 0) is 23.7 Å². The Hall–Kier alpha value is -0.453. The first kappa shape index (κ1) is 19.6. The summed E-state index contributed by atoms with van der Waals surface area (Å²) in [5.41, 5.74) is 0.977. The minimum atomic E-state index is -3.05. The van der Waals surface area contributed by atoms with Crippen molar-refractivity contribution >= 4 is 15.9 Å². The zero-order valence-corrected chi connectivity index (χ0v) is 16.5. The molecule has 0 fully saturated rings. The van der Waals surface area contributed by atoms with Gasteiger partial charge in [0.05, 0.1) is 19.8 Å². The maximum absolute atomic E-state index is 12.2. The van der Waals surface area contributed by atoms with Gasteiger partial charge in [0.1, 0.15) is 0 Å². The van der Waals surface area contributed by atoms with E-state index in [1.54, 1.807) is 0 Å². The lowest BCUT2D eigenvalue weighted by atomic mass is 10.2. The van der Waals surface area contributed by atoms with E-state index in [-0.39, 0.29) is 18.3 Å². The second-order valence-electron chi connectivity index (χ2n) is 6.97. The van der Waals surface area contributed by atoms with Gasteiger partial charge >= 0.3 is 7.60 Å². The molecule has 0 aliphatic rings. The summed E-state index contributed by atoms with van der Waals surface area (Å²) in [6.45, 7) is 13.5. The molecular formula is C16H29O4PSi. The highest BCUT2D eigenvalue weighted by Crippen LogP contribution is 2.44.